The Morgan fingerprint density at radius 2 is 1.63 bits per heavy atom. The van der Waals surface area contributed by atoms with Crippen molar-refractivity contribution in [3.05, 3.63) is 78.9 Å². The van der Waals surface area contributed by atoms with Crippen LogP contribution < -0.4 is 4.90 Å². The number of nitrogens with zero attached hydrogens (tertiary/aromatic N) is 5. The average molecular weight is 355 g/mol. The third-order valence-electron chi connectivity index (χ3n) is 5.47. The van der Waals surface area contributed by atoms with Crippen LogP contribution in [0.5, 0.6) is 0 Å². The van der Waals surface area contributed by atoms with Crippen molar-refractivity contribution in [2.75, 3.05) is 11.4 Å². The minimum Gasteiger partial charge on any atom is -0.351 e. The Morgan fingerprint density at radius 1 is 0.889 bits per heavy atom. The van der Waals surface area contributed by atoms with Crippen LogP contribution in [0.3, 0.4) is 0 Å². The highest BCUT2D eigenvalue weighted by Gasteiger charge is 2.32. The second kappa shape index (κ2) is 6.50. The van der Waals surface area contributed by atoms with E-state index in [1.165, 1.54) is 5.56 Å². The Hall–Kier alpha value is -3.21. The van der Waals surface area contributed by atoms with Crippen LogP contribution >= 0.6 is 0 Å². The summed E-state index contributed by atoms with van der Waals surface area (Å²) in [5, 5.41) is 0. The van der Waals surface area contributed by atoms with Crippen molar-refractivity contribution in [3.8, 4) is 5.69 Å². The first-order valence-electron chi connectivity index (χ1n) is 9.36. The van der Waals surface area contributed by atoms with Gasteiger partial charge in [-0.05, 0) is 31.0 Å². The largest absolute Gasteiger partial charge is 0.351 e. The molecule has 3 heterocycles. The summed E-state index contributed by atoms with van der Waals surface area (Å²) in [7, 11) is 0. The lowest BCUT2D eigenvalue weighted by atomic mass is 9.97. The minimum absolute atomic E-state index is 0.412. The molecule has 0 radical (unpaired) electrons. The summed E-state index contributed by atoms with van der Waals surface area (Å²) in [5.41, 5.74) is 4.16. The van der Waals surface area contributed by atoms with Gasteiger partial charge in [0, 0.05) is 24.2 Å². The second-order valence-electron chi connectivity index (χ2n) is 7.16. The molecule has 5 heteroatoms. The first-order chi connectivity index (χ1) is 13.3. The molecule has 1 aliphatic heterocycles. The molecule has 5 nitrogen and oxygen atoms in total. The quantitative estimate of drug-likeness (QED) is 0.553. The lowest BCUT2D eigenvalue weighted by Gasteiger charge is -2.22. The fourth-order valence-electron chi connectivity index (χ4n) is 4.10. The number of fused-ring (bicyclic) bond motifs is 1. The minimum atomic E-state index is 0.412. The fraction of sp³-hybridized carbons (Fsp3) is 0.227. The van der Waals surface area contributed by atoms with E-state index in [2.05, 4.69) is 69.2 Å². The molecule has 2 unspecified atom stereocenters. The molecule has 0 saturated carbocycles. The van der Waals surface area contributed by atoms with E-state index in [9.17, 15) is 0 Å². The molecule has 4 aromatic rings. The number of para-hydroxylation sites is 1. The van der Waals surface area contributed by atoms with Gasteiger partial charge in [-0.1, -0.05) is 48.5 Å². The molecule has 1 aliphatic rings. The second-order valence-corrected chi connectivity index (χ2v) is 7.16. The molecule has 134 valence electrons. The van der Waals surface area contributed by atoms with Crippen LogP contribution in [0.4, 0.5) is 5.82 Å². The molecular weight excluding hydrogens is 334 g/mol. The lowest BCUT2D eigenvalue weighted by molar-refractivity contribution is 0.697. The maximum atomic E-state index is 4.67. The van der Waals surface area contributed by atoms with Crippen LogP contribution in [0, 0.1) is 0 Å². The lowest BCUT2D eigenvalue weighted by Crippen LogP contribution is -2.28. The van der Waals surface area contributed by atoms with Crippen molar-refractivity contribution in [2.24, 2.45) is 0 Å². The van der Waals surface area contributed by atoms with Gasteiger partial charge in [-0.15, -0.1) is 0 Å². The van der Waals surface area contributed by atoms with Gasteiger partial charge in [0.25, 0.3) is 0 Å². The summed E-state index contributed by atoms with van der Waals surface area (Å²) < 4.78 is 2.02. The Balaban J connectivity index is 1.53. The highest BCUT2D eigenvalue weighted by molar-refractivity contribution is 5.85. The van der Waals surface area contributed by atoms with Crippen LogP contribution in [0.15, 0.2) is 73.3 Å². The molecule has 0 aliphatic carbocycles. The van der Waals surface area contributed by atoms with Crippen LogP contribution in [0.25, 0.3) is 16.9 Å². The topological polar surface area (TPSA) is 46.8 Å². The predicted molar refractivity (Wildman–Crippen MR) is 107 cm³/mol. The SMILES string of the molecule is CC1CC(c2ccccc2)CN1c1ncnc2c1ncn2-c1ccccc1. The molecule has 5 rings (SSSR count). The number of benzene rings is 2. The van der Waals surface area contributed by atoms with E-state index in [1.807, 2.05) is 29.1 Å². The molecule has 0 spiro atoms. The van der Waals surface area contributed by atoms with Crippen molar-refractivity contribution in [1.29, 1.82) is 0 Å². The summed E-state index contributed by atoms with van der Waals surface area (Å²) in [5.74, 6) is 1.45. The van der Waals surface area contributed by atoms with Crippen LogP contribution in [-0.2, 0) is 0 Å². The molecule has 2 aromatic carbocycles. The maximum Gasteiger partial charge on any atom is 0.170 e. The first kappa shape index (κ1) is 16.0. The molecule has 0 amide bonds. The van der Waals surface area contributed by atoms with Crippen LogP contribution in [-0.4, -0.2) is 32.1 Å². The van der Waals surface area contributed by atoms with Crippen LogP contribution in [0.1, 0.15) is 24.8 Å². The Morgan fingerprint density at radius 3 is 2.41 bits per heavy atom. The smallest absolute Gasteiger partial charge is 0.170 e. The van der Waals surface area contributed by atoms with Crippen molar-refractivity contribution in [1.82, 2.24) is 19.5 Å². The number of hydrogen-bond acceptors (Lipinski definition) is 4. The summed E-state index contributed by atoms with van der Waals surface area (Å²) >= 11 is 0. The zero-order valence-electron chi connectivity index (χ0n) is 15.2. The Bertz CT molecular complexity index is 1060. The van der Waals surface area contributed by atoms with E-state index in [0.717, 1.165) is 35.6 Å². The van der Waals surface area contributed by atoms with Crippen molar-refractivity contribution < 1.29 is 0 Å². The first-order valence-corrected chi connectivity index (χ1v) is 9.36. The van der Waals surface area contributed by atoms with Crippen LogP contribution in [0.2, 0.25) is 0 Å². The van der Waals surface area contributed by atoms with Gasteiger partial charge in [-0.25, -0.2) is 15.0 Å². The zero-order chi connectivity index (χ0) is 18.2. The van der Waals surface area contributed by atoms with Gasteiger partial charge in [0.2, 0.25) is 0 Å². The number of imidazole rings is 1. The molecule has 0 bridgehead atoms. The number of aromatic nitrogens is 4. The molecule has 0 N–H and O–H groups in total. The van der Waals surface area contributed by atoms with E-state index >= 15 is 0 Å². The molecular formula is C22H21N5. The summed E-state index contributed by atoms with van der Waals surface area (Å²) in [6.45, 7) is 3.22. The van der Waals surface area contributed by atoms with E-state index in [-0.39, 0.29) is 0 Å². The van der Waals surface area contributed by atoms with E-state index in [4.69, 9.17) is 0 Å². The van der Waals surface area contributed by atoms with Crippen molar-refractivity contribution in [3.63, 3.8) is 0 Å². The molecule has 1 fully saturated rings. The Labute approximate surface area is 158 Å². The van der Waals surface area contributed by atoms with Gasteiger partial charge < -0.3 is 4.90 Å². The van der Waals surface area contributed by atoms with Gasteiger partial charge in [0.15, 0.2) is 17.0 Å². The fourth-order valence-corrected chi connectivity index (χ4v) is 4.10. The average Bonchev–Trinajstić information content (AvgIpc) is 3.33. The van der Waals surface area contributed by atoms with Gasteiger partial charge in [0.05, 0.1) is 0 Å². The predicted octanol–water partition coefficient (Wildman–Crippen LogP) is 4.20. The monoisotopic (exact) mass is 355 g/mol. The van der Waals surface area contributed by atoms with E-state index in [1.54, 1.807) is 6.33 Å². The summed E-state index contributed by atoms with van der Waals surface area (Å²) in [6, 6.07) is 21.4. The zero-order valence-corrected chi connectivity index (χ0v) is 15.2. The number of hydrogen-bond donors (Lipinski definition) is 0. The maximum absolute atomic E-state index is 4.67. The third kappa shape index (κ3) is 2.76. The van der Waals surface area contributed by atoms with Gasteiger partial charge in [-0.3, -0.25) is 4.57 Å². The van der Waals surface area contributed by atoms with Crippen molar-refractivity contribution >= 4 is 17.0 Å². The van der Waals surface area contributed by atoms with E-state index in [0.29, 0.717) is 12.0 Å². The highest BCUT2D eigenvalue weighted by Crippen LogP contribution is 2.36. The normalized spacial score (nSPS) is 19.7. The van der Waals surface area contributed by atoms with Gasteiger partial charge >= 0.3 is 0 Å². The highest BCUT2D eigenvalue weighted by atomic mass is 15.3. The van der Waals surface area contributed by atoms with Gasteiger partial charge in [0.1, 0.15) is 12.7 Å². The molecule has 27 heavy (non-hydrogen) atoms. The standard InChI is InChI=1S/C22H21N5/c1-16-12-18(17-8-4-2-5-9-17)13-26(16)21-20-22(24-14-23-21)27(15-25-20)19-10-6-3-7-11-19/h2-11,14-16,18H,12-13H2,1H3. The number of anilines is 1. The van der Waals surface area contributed by atoms with Crippen molar-refractivity contribution in [2.45, 2.75) is 25.3 Å². The molecule has 1 saturated heterocycles. The van der Waals surface area contributed by atoms with E-state index < -0.39 is 0 Å². The molecule has 2 aromatic heterocycles. The summed E-state index contributed by atoms with van der Waals surface area (Å²) in [4.78, 5) is 16.2. The third-order valence-corrected chi connectivity index (χ3v) is 5.47. The Kier molecular flexibility index (Phi) is 3.85. The molecule has 2 atom stereocenters. The van der Waals surface area contributed by atoms with Gasteiger partial charge in [-0.2, -0.15) is 0 Å². The summed E-state index contributed by atoms with van der Waals surface area (Å²) in [6.07, 6.45) is 4.61. The number of rotatable bonds is 3.